The van der Waals surface area contributed by atoms with E-state index < -0.39 is 17.9 Å². The van der Waals surface area contributed by atoms with Crippen molar-refractivity contribution in [3.05, 3.63) is 35.9 Å². The summed E-state index contributed by atoms with van der Waals surface area (Å²) in [4.78, 5) is 48.1. The molecule has 0 aliphatic carbocycles. The molecule has 1 unspecified atom stereocenters. The average Bonchev–Trinajstić information content (AvgIpc) is 2.76. The van der Waals surface area contributed by atoms with Crippen LogP contribution < -0.4 is 26.6 Å². The van der Waals surface area contributed by atoms with Crippen molar-refractivity contribution in [1.82, 2.24) is 26.6 Å². The van der Waals surface area contributed by atoms with Gasteiger partial charge in [0.2, 0.25) is 23.6 Å². The van der Waals surface area contributed by atoms with Crippen LogP contribution in [0.25, 0.3) is 0 Å². The fraction of sp³-hybridized carbons (Fsp3) is 0.545. The second-order valence-corrected chi connectivity index (χ2v) is 7.17. The maximum Gasteiger partial charge on any atom is 0.242 e. The van der Waals surface area contributed by atoms with Crippen molar-refractivity contribution >= 4 is 23.6 Å². The Bertz CT molecular complexity index is 696. The monoisotopic (exact) mass is 433 g/mol. The summed E-state index contributed by atoms with van der Waals surface area (Å²) in [5.74, 6) is -1.41. The molecule has 0 bridgehead atoms. The molecule has 0 aliphatic heterocycles. The standard InChI is InChI=1S/C22H35N5O4/c1-3-24-22(31)18(14-17-10-6-4-7-11-17)27-21(30)16-26-20(29)15-25-19(28)12-8-5-9-13-23-2/h4,6-7,10-11,18,23H,3,5,8-9,12-16H2,1-2H3,(H,24,31)(H,25,28)(H,26,29)(H,27,30). The summed E-state index contributed by atoms with van der Waals surface area (Å²) in [5.41, 5.74) is 0.914. The molecule has 172 valence electrons. The highest BCUT2D eigenvalue weighted by molar-refractivity contribution is 5.91. The summed E-state index contributed by atoms with van der Waals surface area (Å²) in [6, 6.07) is 8.62. The highest BCUT2D eigenvalue weighted by Gasteiger charge is 2.21. The van der Waals surface area contributed by atoms with Crippen LogP contribution in [0, 0.1) is 0 Å². The zero-order chi connectivity index (χ0) is 22.9. The van der Waals surface area contributed by atoms with E-state index in [-0.39, 0.29) is 24.9 Å². The van der Waals surface area contributed by atoms with Gasteiger partial charge in [-0.25, -0.2) is 0 Å². The Labute approximate surface area is 184 Å². The van der Waals surface area contributed by atoms with Gasteiger partial charge in [0.05, 0.1) is 13.1 Å². The quantitative estimate of drug-likeness (QED) is 0.246. The van der Waals surface area contributed by atoms with Gasteiger partial charge in [-0.15, -0.1) is 0 Å². The third-order valence-corrected chi connectivity index (χ3v) is 4.51. The molecule has 0 aliphatic rings. The molecule has 1 rings (SSSR count). The number of hydrogen-bond donors (Lipinski definition) is 5. The Morgan fingerprint density at radius 3 is 2.19 bits per heavy atom. The van der Waals surface area contributed by atoms with E-state index in [1.54, 1.807) is 6.92 Å². The maximum atomic E-state index is 12.3. The summed E-state index contributed by atoms with van der Waals surface area (Å²) in [7, 11) is 1.88. The van der Waals surface area contributed by atoms with Gasteiger partial charge in [0, 0.05) is 19.4 Å². The van der Waals surface area contributed by atoms with E-state index in [0.29, 0.717) is 19.4 Å². The van der Waals surface area contributed by atoms with E-state index >= 15 is 0 Å². The van der Waals surface area contributed by atoms with E-state index in [9.17, 15) is 19.2 Å². The number of rotatable bonds is 15. The smallest absolute Gasteiger partial charge is 0.242 e. The lowest BCUT2D eigenvalue weighted by Gasteiger charge is -2.18. The van der Waals surface area contributed by atoms with Crippen LogP contribution in [0.5, 0.6) is 0 Å². The van der Waals surface area contributed by atoms with Gasteiger partial charge in [-0.1, -0.05) is 36.8 Å². The minimum Gasteiger partial charge on any atom is -0.355 e. The third-order valence-electron chi connectivity index (χ3n) is 4.51. The Kier molecular flexibility index (Phi) is 13.3. The topological polar surface area (TPSA) is 128 Å². The summed E-state index contributed by atoms with van der Waals surface area (Å²) in [5, 5.41) is 13.4. The number of unbranched alkanes of at least 4 members (excludes halogenated alkanes) is 2. The third kappa shape index (κ3) is 12.4. The Morgan fingerprint density at radius 2 is 1.52 bits per heavy atom. The van der Waals surface area contributed by atoms with Crippen LogP contribution in [0.4, 0.5) is 0 Å². The van der Waals surface area contributed by atoms with Gasteiger partial charge < -0.3 is 26.6 Å². The summed E-state index contributed by atoms with van der Waals surface area (Å²) >= 11 is 0. The lowest BCUT2D eigenvalue weighted by Crippen LogP contribution is -2.51. The van der Waals surface area contributed by atoms with Crippen molar-refractivity contribution in [3.63, 3.8) is 0 Å². The van der Waals surface area contributed by atoms with E-state index in [4.69, 9.17) is 0 Å². The molecule has 1 aromatic carbocycles. The van der Waals surface area contributed by atoms with Crippen molar-refractivity contribution in [3.8, 4) is 0 Å². The fourth-order valence-electron chi connectivity index (χ4n) is 2.87. The first-order valence-corrected chi connectivity index (χ1v) is 10.7. The maximum absolute atomic E-state index is 12.3. The van der Waals surface area contributed by atoms with E-state index in [2.05, 4.69) is 26.6 Å². The number of benzene rings is 1. The number of carbonyl (C=O) groups excluding carboxylic acids is 4. The molecule has 1 aromatic rings. The number of likely N-dealkylation sites (N-methyl/N-ethyl adjacent to an activating group) is 1. The summed E-state index contributed by atoms with van der Waals surface area (Å²) in [6.07, 6.45) is 3.42. The van der Waals surface area contributed by atoms with Crippen LogP contribution in [-0.2, 0) is 25.6 Å². The second-order valence-electron chi connectivity index (χ2n) is 7.17. The molecule has 31 heavy (non-hydrogen) atoms. The minimum absolute atomic E-state index is 0.188. The van der Waals surface area contributed by atoms with Crippen LogP contribution in [-0.4, -0.2) is 62.9 Å². The van der Waals surface area contributed by atoms with Crippen molar-refractivity contribution < 1.29 is 19.2 Å². The molecule has 0 saturated heterocycles. The molecular weight excluding hydrogens is 398 g/mol. The molecule has 0 aromatic heterocycles. The van der Waals surface area contributed by atoms with Crippen LogP contribution in [0.15, 0.2) is 30.3 Å². The van der Waals surface area contributed by atoms with E-state index in [1.165, 1.54) is 0 Å². The van der Waals surface area contributed by atoms with Gasteiger partial charge in [0.15, 0.2) is 0 Å². The first-order valence-electron chi connectivity index (χ1n) is 10.7. The van der Waals surface area contributed by atoms with Gasteiger partial charge in [-0.05, 0) is 38.9 Å². The van der Waals surface area contributed by atoms with Crippen LogP contribution in [0.2, 0.25) is 0 Å². The van der Waals surface area contributed by atoms with Crippen molar-refractivity contribution in [2.75, 3.05) is 33.2 Å². The van der Waals surface area contributed by atoms with Crippen LogP contribution >= 0.6 is 0 Å². The highest BCUT2D eigenvalue weighted by atomic mass is 16.2. The number of nitrogens with one attached hydrogen (secondary N) is 5. The molecular formula is C22H35N5O4. The van der Waals surface area contributed by atoms with Gasteiger partial charge in [0.25, 0.3) is 0 Å². The lowest BCUT2D eigenvalue weighted by atomic mass is 10.1. The number of hydrogen-bond acceptors (Lipinski definition) is 5. The van der Waals surface area contributed by atoms with Gasteiger partial charge in [0.1, 0.15) is 6.04 Å². The largest absolute Gasteiger partial charge is 0.355 e. The Hall–Kier alpha value is -2.94. The first-order chi connectivity index (χ1) is 15.0. The highest BCUT2D eigenvalue weighted by Crippen LogP contribution is 2.03. The van der Waals surface area contributed by atoms with Crippen molar-refractivity contribution in [1.29, 1.82) is 0 Å². The van der Waals surface area contributed by atoms with E-state index in [0.717, 1.165) is 31.4 Å². The molecule has 9 nitrogen and oxygen atoms in total. The van der Waals surface area contributed by atoms with Crippen molar-refractivity contribution in [2.24, 2.45) is 0 Å². The van der Waals surface area contributed by atoms with Crippen molar-refractivity contribution in [2.45, 2.75) is 45.1 Å². The molecule has 5 N–H and O–H groups in total. The zero-order valence-corrected chi connectivity index (χ0v) is 18.5. The summed E-state index contributed by atoms with van der Waals surface area (Å²) < 4.78 is 0. The summed E-state index contributed by atoms with van der Waals surface area (Å²) in [6.45, 7) is 2.70. The van der Waals surface area contributed by atoms with Gasteiger partial charge in [-0.3, -0.25) is 19.2 Å². The number of amides is 4. The molecule has 0 heterocycles. The molecule has 9 heteroatoms. The van der Waals surface area contributed by atoms with Gasteiger partial charge in [-0.2, -0.15) is 0 Å². The van der Waals surface area contributed by atoms with Crippen LogP contribution in [0.3, 0.4) is 0 Å². The minimum atomic E-state index is -0.741. The molecule has 0 fully saturated rings. The first kappa shape index (κ1) is 26.1. The molecule has 0 saturated carbocycles. The predicted molar refractivity (Wildman–Crippen MR) is 119 cm³/mol. The SMILES string of the molecule is CCNC(=O)C(Cc1ccccc1)NC(=O)CNC(=O)CNC(=O)CCCCCNC. The molecule has 0 spiro atoms. The Balaban J connectivity index is 2.35. The molecule has 4 amide bonds. The fourth-order valence-corrected chi connectivity index (χ4v) is 2.87. The predicted octanol–water partition coefficient (Wildman–Crippen LogP) is -0.138. The second kappa shape index (κ2) is 15.8. The van der Waals surface area contributed by atoms with Gasteiger partial charge >= 0.3 is 0 Å². The van der Waals surface area contributed by atoms with Crippen LogP contribution in [0.1, 0.15) is 38.2 Å². The number of carbonyl (C=O) groups is 4. The van der Waals surface area contributed by atoms with E-state index in [1.807, 2.05) is 37.4 Å². The normalized spacial score (nSPS) is 11.3. The zero-order valence-electron chi connectivity index (χ0n) is 18.5. The lowest BCUT2D eigenvalue weighted by molar-refractivity contribution is -0.130. The average molecular weight is 434 g/mol. The Morgan fingerprint density at radius 1 is 0.839 bits per heavy atom. The molecule has 0 radical (unpaired) electrons. The molecule has 1 atom stereocenters.